The maximum atomic E-state index is 6.78. The lowest BCUT2D eigenvalue weighted by molar-refractivity contribution is 0.634. The number of fused-ring (bicyclic) bond motifs is 12. The van der Waals surface area contributed by atoms with Gasteiger partial charge in [-0.25, -0.2) is 0 Å². The molecule has 11 rings (SSSR count). The number of hydrogen-bond acceptors (Lipinski definition) is 2. The topological polar surface area (TPSA) is 26.3 Å². The van der Waals surface area contributed by atoms with Crippen LogP contribution in [0, 0.1) is 0 Å². The van der Waals surface area contributed by atoms with Gasteiger partial charge in [0.2, 0.25) is 0 Å². The summed E-state index contributed by atoms with van der Waals surface area (Å²) in [7, 11) is 0. The Labute approximate surface area is 287 Å². The first-order valence-corrected chi connectivity index (χ1v) is 17.1. The summed E-state index contributed by atoms with van der Waals surface area (Å²) in [6.45, 7) is 0. The van der Waals surface area contributed by atoms with Crippen LogP contribution in [0.25, 0.3) is 110 Å². The van der Waals surface area contributed by atoms with Crippen LogP contribution in [-0.2, 0) is 0 Å². The Morgan fingerprint density at radius 2 is 0.760 bits per heavy atom. The monoisotopic (exact) mass is 636 g/mol. The lowest BCUT2D eigenvalue weighted by Crippen LogP contribution is -1.83. The van der Waals surface area contributed by atoms with Crippen LogP contribution in [0.5, 0.6) is 0 Å². The van der Waals surface area contributed by atoms with Gasteiger partial charge in [0.15, 0.2) is 11.2 Å². The first kappa shape index (κ1) is 27.3. The molecule has 2 nitrogen and oxygen atoms in total. The predicted molar refractivity (Wildman–Crippen MR) is 210 cm³/mol. The van der Waals surface area contributed by atoms with Crippen molar-refractivity contribution in [3.05, 3.63) is 170 Å². The van der Waals surface area contributed by atoms with E-state index in [-0.39, 0.29) is 0 Å². The third-order valence-corrected chi connectivity index (χ3v) is 10.5. The highest BCUT2D eigenvalue weighted by Crippen LogP contribution is 2.46. The summed E-state index contributed by atoms with van der Waals surface area (Å²) in [6.07, 6.45) is 0. The molecule has 2 heterocycles. The van der Waals surface area contributed by atoms with Crippen LogP contribution in [0.1, 0.15) is 0 Å². The van der Waals surface area contributed by atoms with Gasteiger partial charge in [0.1, 0.15) is 11.2 Å². The molecule has 0 N–H and O–H groups in total. The molecule has 0 saturated heterocycles. The van der Waals surface area contributed by atoms with Crippen LogP contribution in [-0.4, -0.2) is 0 Å². The van der Waals surface area contributed by atoms with Crippen LogP contribution in [0.4, 0.5) is 0 Å². The molecule has 2 heteroatoms. The average molecular weight is 637 g/mol. The number of rotatable bonds is 3. The van der Waals surface area contributed by atoms with Crippen molar-refractivity contribution in [1.29, 1.82) is 0 Å². The Morgan fingerprint density at radius 1 is 0.280 bits per heavy atom. The van der Waals surface area contributed by atoms with Crippen molar-refractivity contribution < 1.29 is 8.83 Å². The van der Waals surface area contributed by atoms with Crippen molar-refractivity contribution in [2.24, 2.45) is 0 Å². The lowest BCUT2D eigenvalue weighted by atomic mass is 9.95. The van der Waals surface area contributed by atoms with Crippen LogP contribution in [0.3, 0.4) is 0 Å². The molecule has 0 saturated carbocycles. The second-order valence-corrected chi connectivity index (χ2v) is 13.2. The zero-order chi connectivity index (χ0) is 32.8. The predicted octanol–water partition coefficient (Wildman–Crippen LogP) is 13.9. The highest BCUT2D eigenvalue weighted by molar-refractivity contribution is 6.33. The molecule has 50 heavy (non-hydrogen) atoms. The Bertz CT molecular complexity index is 3130. The van der Waals surface area contributed by atoms with E-state index < -0.39 is 0 Å². The summed E-state index contributed by atoms with van der Waals surface area (Å²) in [5.41, 5.74) is 10.3. The molecule has 232 valence electrons. The first-order valence-electron chi connectivity index (χ1n) is 17.1. The summed E-state index contributed by atoms with van der Waals surface area (Å²) < 4.78 is 13.5. The lowest BCUT2D eigenvalue weighted by Gasteiger charge is -2.08. The second-order valence-electron chi connectivity index (χ2n) is 13.2. The van der Waals surface area contributed by atoms with Gasteiger partial charge in [0.05, 0.1) is 0 Å². The van der Waals surface area contributed by atoms with Crippen molar-refractivity contribution in [3.8, 4) is 33.4 Å². The minimum atomic E-state index is 0.792. The third kappa shape index (κ3) is 4.03. The van der Waals surface area contributed by atoms with Crippen molar-refractivity contribution >= 4 is 76.2 Å². The molecule has 0 unspecified atom stereocenters. The minimum absolute atomic E-state index is 0.792. The molecule has 0 fully saturated rings. The second kappa shape index (κ2) is 10.4. The molecule has 0 spiro atoms. The molecule has 11 aromatic rings. The fourth-order valence-electron chi connectivity index (χ4n) is 8.01. The molecular formula is C48H28O2. The van der Waals surface area contributed by atoms with Gasteiger partial charge in [-0.1, -0.05) is 140 Å². The van der Waals surface area contributed by atoms with E-state index >= 15 is 0 Å². The van der Waals surface area contributed by atoms with E-state index in [4.69, 9.17) is 8.83 Å². The Hall–Kier alpha value is -6.64. The molecule has 0 aliphatic rings. The smallest absolute Gasteiger partial charge is 0.179 e. The fourth-order valence-corrected chi connectivity index (χ4v) is 8.01. The molecule has 0 radical (unpaired) electrons. The van der Waals surface area contributed by atoms with Crippen molar-refractivity contribution in [2.75, 3.05) is 0 Å². The number of furan rings is 2. The Balaban J connectivity index is 1.06. The van der Waals surface area contributed by atoms with Gasteiger partial charge in [-0.3, -0.25) is 0 Å². The Morgan fingerprint density at radius 3 is 1.44 bits per heavy atom. The van der Waals surface area contributed by atoms with Crippen LogP contribution in [0.2, 0.25) is 0 Å². The maximum Gasteiger partial charge on any atom is 0.179 e. The van der Waals surface area contributed by atoms with Gasteiger partial charge in [-0.05, 0) is 96.0 Å². The van der Waals surface area contributed by atoms with Gasteiger partial charge in [0.25, 0.3) is 0 Å². The van der Waals surface area contributed by atoms with Gasteiger partial charge in [-0.2, -0.15) is 0 Å². The van der Waals surface area contributed by atoms with E-state index in [1.807, 2.05) is 0 Å². The minimum Gasteiger partial charge on any atom is -0.452 e. The molecule has 0 bridgehead atoms. The van der Waals surface area contributed by atoms with Crippen LogP contribution < -0.4 is 0 Å². The molecule has 2 aromatic heterocycles. The molecule has 0 amide bonds. The standard InChI is InChI=1S/C48H28O2/c1-2-10-33-26-34(21-18-29(33)8-1)36-23-25-42-44(28-36)50-48-46(42)40-14-6-5-13-39(40)45-41-24-22-35(27-43(41)49-47(45)48)30-16-19-32(20-17-30)38-15-7-11-31-9-3-4-12-37(31)38/h1-28H. The van der Waals surface area contributed by atoms with Gasteiger partial charge in [0, 0.05) is 21.5 Å². The third-order valence-electron chi connectivity index (χ3n) is 10.5. The molecule has 9 aromatic carbocycles. The van der Waals surface area contributed by atoms with E-state index in [9.17, 15) is 0 Å². The summed E-state index contributed by atoms with van der Waals surface area (Å²) in [5.74, 6) is 0. The molecular weight excluding hydrogens is 609 g/mol. The molecule has 0 aliphatic heterocycles. The number of benzene rings is 9. The van der Waals surface area contributed by atoms with Crippen LogP contribution in [0.15, 0.2) is 179 Å². The van der Waals surface area contributed by atoms with Gasteiger partial charge < -0.3 is 8.83 Å². The molecule has 0 aliphatic carbocycles. The van der Waals surface area contributed by atoms with E-state index in [2.05, 4.69) is 170 Å². The number of hydrogen-bond donors (Lipinski definition) is 0. The SMILES string of the molecule is c1ccc2cc(-c3ccc4c(c3)oc3c5oc6cc(-c7ccc(-c8cccc9ccccc89)cc7)ccc6c5c5ccccc5c43)ccc2c1. The van der Waals surface area contributed by atoms with Gasteiger partial charge in [-0.15, -0.1) is 0 Å². The summed E-state index contributed by atoms with van der Waals surface area (Å²) >= 11 is 0. The average Bonchev–Trinajstić information content (AvgIpc) is 3.76. The summed E-state index contributed by atoms with van der Waals surface area (Å²) in [6, 6.07) is 60.8. The van der Waals surface area contributed by atoms with Crippen molar-refractivity contribution in [2.45, 2.75) is 0 Å². The van der Waals surface area contributed by atoms with Gasteiger partial charge >= 0.3 is 0 Å². The van der Waals surface area contributed by atoms with Crippen LogP contribution >= 0.6 is 0 Å². The fraction of sp³-hybridized carbons (Fsp3) is 0. The highest BCUT2D eigenvalue weighted by Gasteiger charge is 2.21. The highest BCUT2D eigenvalue weighted by atomic mass is 16.4. The van der Waals surface area contributed by atoms with E-state index in [0.29, 0.717) is 0 Å². The summed E-state index contributed by atoms with van der Waals surface area (Å²) in [5, 5.41) is 11.7. The normalized spacial score (nSPS) is 12.0. The maximum absolute atomic E-state index is 6.78. The molecule has 0 atom stereocenters. The van der Waals surface area contributed by atoms with Crippen molar-refractivity contribution in [1.82, 2.24) is 0 Å². The van der Waals surface area contributed by atoms with Crippen molar-refractivity contribution in [3.63, 3.8) is 0 Å². The zero-order valence-corrected chi connectivity index (χ0v) is 27.0. The van der Waals surface area contributed by atoms with E-state index in [0.717, 1.165) is 60.6 Å². The Kier molecular flexibility index (Phi) is 5.70. The largest absolute Gasteiger partial charge is 0.452 e. The van der Waals surface area contributed by atoms with E-state index in [1.165, 1.54) is 49.0 Å². The summed E-state index contributed by atoms with van der Waals surface area (Å²) in [4.78, 5) is 0. The van der Waals surface area contributed by atoms with E-state index in [1.54, 1.807) is 0 Å². The zero-order valence-electron chi connectivity index (χ0n) is 27.0. The quantitative estimate of drug-likeness (QED) is 0.193. The first-order chi connectivity index (χ1) is 24.8.